The van der Waals surface area contributed by atoms with Crippen molar-refractivity contribution in [2.75, 3.05) is 13.1 Å². The SMILES string of the molecule is CC/N=C\NC[C@@H](C)F. The second-order valence-electron chi connectivity index (χ2n) is 1.82. The summed E-state index contributed by atoms with van der Waals surface area (Å²) in [7, 11) is 0. The molecule has 0 aromatic carbocycles. The Kier molecular flexibility index (Phi) is 5.17. The van der Waals surface area contributed by atoms with E-state index in [0.29, 0.717) is 6.54 Å². The molecule has 0 radical (unpaired) electrons. The predicted molar refractivity (Wildman–Crippen MR) is 37.6 cm³/mol. The maximum atomic E-state index is 12.0. The van der Waals surface area contributed by atoms with E-state index in [4.69, 9.17) is 0 Å². The van der Waals surface area contributed by atoms with Gasteiger partial charge in [0.1, 0.15) is 6.17 Å². The Morgan fingerprint density at radius 1 is 1.78 bits per heavy atom. The second-order valence-corrected chi connectivity index (χ2v) is 1.82. The minimum Gasteiger partial charge on any atom is -0.374 e. The Morgan fingerprint density at radius 2 is 2.44 bits per heavy atom. The van der Waals surface area contributed by atoms with Crippen LogP contribution in [0, 0.1) is 0 Å². The largest absolute Gasteiger partial charge is 0.374 e. The van der Waals surface area contributed by atoms with Crippen LogP contribution in [0.1, 0.15) is 13.8 Å². The molecule has 0 aliphatic heterocycles. The molecule has 1 atom stereocenters. The van der Waals surface area contributed by atoms with Crippen molar-refractivity contribution in [2.24, 2.45) is 4.99 Å². The molecule has 2 nitrogen and oxygen atoms in total. The van der Waals surface area contributed by atoms with Gasteiger partial charge in [0, 0.05) is 13.1 Å². The van der Waals surface area contributed by atoms with Gasteiger partial charge in [-0.05, 0) is 13.8 Å². The van der Waals surface area contributed by atoms with Crippen molar-refractivity contribution in [1.82, 2.24) is 5.32 Å². The smallest absolute Gasteiger partial charge is 0.114 e. The molecule has 0 aromatic heterocycles. The van der Waals surface area contributed by atoms with Crippen molar-refractivity contribution >= 4 is 6.34 Å². The minimum absolute atomic E-state index is 0.351. The number of hydrogen-bond donors (Lipinski definition) is 1. The summed E-state index contributed by atoms with van der Waals surface area (Å²) in [5.74, 6) is 0. The summed E-state index contributed by atoms with van der Waals surface area (Å²) < 4.78 is 12.0. The van der Waals surface area contributed by atoms with Crippen molar-refractivity contribution in [3.8, 4) is 0 Å². The second kappa shape index (κ2) is 5.54. The van der Waals surface area contributed by atoms with Crippen LogP contribution in [0.3, 0.4) is 0 Å². The third-order valence-electron chi connectivity index (χ3n) is 0.764. The van der Waals surface area contributed by atoms with Gasteiger partial charge in [0.25, 0.3) is 0 Å². The molecule has 1 N–H and O–H groups in total. The van der Waals surface area contributed by atoms with E-state index >= 15 is 0 Å². The van der Waals surface area contributed by atoms with E-state index in [1.807, 2.05) is 6.92 Å². The number of hydrogen-bond acceptors (Lipinski definition) is 1. The van der Waals surface area contributed by atoms with E-state index in [9.17, 15) is 4.39 Å². The summed E-state index contributed by atoms with van der Waals surface area (Å²) >= 11 is 0. The van der Waals surface area contributed by atoms with Gasteiger partial charge in [-0.3, -0.25) is 4.99 Å². The van der Waals surface area contributed by atoms with Crippen molar-refractivity contribution < 1.29 is 4.39 Å². The van der Waals surface area contributed by atoms with Crippen LogP contribution < -0.4 is 5.32 Å². The highest BCUT2D eigenvalue weighted by Gasteiger charge is 1.91. The molecule has 0 heterocycles. The van der Waals surface area contributed by atoms with Gasteiger partial charge < -0.3 is 5.32 Å². The number of aliphatic imine (C=N–C) groups is 1. The normalized spacial score (nSPS) is 14.1. The van der Waals surface area contributed by atoms with Crippen LogP contribution in [0.25, 0.3) is 0 Å². The molecule has 0 bridgehead atoms. The summed E-state index contributed by atoms with van der Waals surface area (Å²) in [6.45, 7) is 4.53. The minimum atomic E-state index is -0.798. The number of alkyl halides is 1. The highest BCUT2D eigenvalue weighted by molar-refractivity contribution is 5.53. The van der Waals surface area contributed by atoms with Gasteiger partial charge in [-0.15, -0.1) is 0 Å². The fraction of sp³-hybridized carbons (Fsp3) is 0.833. The van der Waals surface area contributed by atoms with Crippen LogP contribution in [0.5, 0.6) is 0 Å². The highest BCUT2D eigenvalue weighted by atomic mass is 19.1. The van der Waals surface area contributed by atoms with Gasteiger partial charge in [-0.2, -0.15) is 0 Å². The van der Waals surface area contributed by atoms with E-state index in [-0.39, 0.29) is 0 Å². The van der Waals surface area contributed by atoms with Crippen LogP contribution in [-0.4, -0.2) is 25.6 Å². The quantitative estimate of drug-likeness (QED) is 0.447. The van der Waals surface area contributed by atoms with Gasteiger partial charge in [0.2, 0.25) is 0 Å². The van der Waals surface area contributed by atoms with E-state index in [2.05, 4.69) is 10.3 Å². The Labute approximate surface area is 55.2 Å². The summed E-state index contributed by atoms with van der Waals surface area (Å²) in [5, 5.41) is 2.72. The van der Waals surface area contributed by atoms with Crippen molar-refractivity contribution in [3.05, 3.63) is 0 Å². The molecule has 3 heteroatoms. The van der Waals surface area contributed by atoms with Gasteiger partial charge in [0.15, 0.2) is 0 Å². The molecule has 0 aliphatic carbocycles. The summed E-state index contributed by atoms with van der Waals surface area (Å²) in [6, 6.07) is 0. The number of halogens is 1. The maximum Gasteiger partial charge on any atom is 0.114 e. The van der Waals surface area contributed by atoms with Crippen LogP contribution in [0.2, 0.25) is 0 Å². The molecule has 0 saturated heterocycles. The van der Waals surface area contributed by atoms with E-state index < -0.39 is 6.17 Å². The first-order valence-electron chi connectivity index (χ1n) is 3.13. The lowest BCUT2D eigenvalue weighted by molar-refractivity contribution is 0.361. The zero-order valence-corrected chi connectivity index (χ0v) is 5.89. The van der Waals surface area contributed by atoms with E-state index in [1.54, 1.807) is 0 Å². The first kappa shape index (κ1) is 8.40. The van der Waals surface area contributed by atoms with E-state index in [0.717, 1.165) is 6.54 Å². The first-order chi connectivity index (χ1) is 4.27. The number of nitrogens with one attached hydrogen (secondary N) is 1. The third kappa shape index (κ3) is 7.40. The standard InChI is InChI=1S/C6H13FN2/c1-3-8-5-9-4-6(2)7/h5-6H,3-4H2,1-2H3,(H,8,9)/t6-/m1/s1. The Bertz CT molecular complexity index is 81.1. The summed E-state index contributed by atoms with van der Waals surface area (Å²) in [4.78, 5) is 3.84. The molecule has 0 rings (SSSR count). The Morgan fingerprint density at radius 3 is 2.89 bits per heavy atom. The van der Waals surface area contributed by atoms with Crippen molar-refractivity contribution in [3.63, 3.8) is 0 Å². The van der Waals surface area contributed by atoms with Gasteiger partial charge >= 0.3 is 0 Å². The maximum absolute atomic E-state index is 12.0. The molecule has 0 unspecified atom stereocenters. The lowest BCUT2D eigenvalue weighted by Crippen LogP contribution is -2.19. The van der Waals surface area contributed by atoms with Crippen LogP contribution in [0.15, 0.2) is 4.99 Å². The molecule has 0 amide bonds. The lowest BCUT2D eigenvalue weighted by Gasteiger charge is -1.98. The predicted octanol–water partition coefficient (Wildman–Crippen LogP) is 0.982. The lowest BCUT2D eigenvalue weighted by atomic mass is 10.4. The molecule has 0 fully saturated rings. The zero-order chi connectivity index (χ0) is 7.11. The first-order valence-corrected chi connectivity index (χ1v) is 3.13. The van der Waals surface area contributed by atoms with Crippen molar-refractivity contribution in [2.45, 2.75) is 20.0 Å². The molecular weight excluding hydrogens is 119 g/mol. The van der Waals surface area contributed by atoms with Crippen LogP contribution in [0.4, 0.5) is 4.39 Å². The van der Waals surface area contributed by atoms with Crippen LogP contribution in [-0.2, 0) is 0 Å². The Hall–Kier alpha value is -0.600. The molecule has 0 saturated carbocycles. The molecule has 9 heavy (non-hydrogen) atoms. The highest BCUT2D eigenvalue weighted by Crippen LogP contribution is 1.81. The average Bonchev–Trinajstić information content (AvgIpc) is 1.80. The van der Waals surface area contributed by atoms with Crippen LogP contribution >= 0.6 is 0 Å². The van der Waals surface area contributed by atoms with Gasteiger partial charge in [0.05, 0.1) is 6.34 Å². The molecule has 54 valence electrons. The molecule has 0 aliphatic rings. The average molecular weight is 132 g/mol. The Balaban J connectivity index is 2.99. The zero-order valence-electron chi connectivity index (χ0n) is 5.89. The molecular formula is C6H13FN2. The summed E-state index contributed by atoms with van der Waals surface area (Å²) in [6.07, 6.45) is 0.740. The van der Waals surface area contributed by atoms with Gasteiger partial charge in [-0.1, -0.05) is 0 Å². The number of rotatable bonds is 4. The fourth-order valence-corrected chi connectivity index (χ4v) is 0.371. The van der Waals surface area contributed by atoms with Crippen molar-refractivity contribution in [1.29, 1.82) is 0 Å². The topological polar surface area (TPSA) is 24.4 Å². The third-order valence-corrected chi connectivity index (χ3v) is 0.764. The van der Waals surface area contributed by atoms with Gasteiger partial charge in [-0.25, -0.2) is 4.39 Å². The summed E-state index contributed by atoms with van der Waals surface area (Å²) in [5.41, 5.74) is 0. The molecule has 0 aromatic rings. The monoisotopic (exact) mass is 132 g/mol. The van der Waals surface area contributed by atoms with E-state index in [1.165, 1.54) is 13.3 Å². The fourth-order valence-electron chi connectivity index (χ4n) is 0.371. The molecule has 0 spiro atoms. The number of nitrogens with zero attached hydrogens (tertiary/aromatic N) is 1.